The van der Waals surface area contributed by atoms with E-state index in [9.17, 15) is 10.1 Å². The third-order valence-electron chi connectivity index (χ3n) is 3.37. The van der Waals surface area contributed by atoms with E-state index < -0.39 is 5.97 Å². The Morgan fingerprint density at radius 1 is 1.35 bits per heavy atom. The van der Waals surface area contributed by atoms with Crippen LogP contribution in [-0.4, -0.2) is 48.7 Å². The highest BCUT2D eigenvalue weighted by molar-refractivity contribution is 6.30. The molecule has 1 fully saturated rings. The molecule has 5 nitrogen and oxygen atoms in total. The molecule has 1 aliphatic heterocycles. The normalized spacial score (nSPS) is 16.5. The number of anilines is 1. The summed E-state index contributed by atoms with van der Waals surface area (Å²) in [5, 5.41) is 18.6. The standard InChI is InChI=1S/C14H16ClN3O2/c15-12-2-3-13(11(8-12)9-16)18-5-1-4-17(6-7-18)10-14(19)20/h2-3,8H,1,4-7,10H2,(H,19,20). The lowest BCUT2D eigenvalue weighted by Crippen LogP contribution is -2.34. The maximum Gasteiger partial charge on any atom is 0.317 e. The predicted octanol–water partition coefficient (Wildman–Crippen LogP) is 1.81. The summed E-state index contributed by atoms with van der Waals surface area (Å²) in [5.74, 6) is -0.803. The number of rotatable bonds is 3. The number of halogens is 1. The Balaban J connectivity index is 2.11. The smallest absolute Gasteiger partial charge is 0.317 e. The molecule has 0 spiro atoms. The molecule has 0 amide bonds. The summed E-state index contributed by atoms with van der Waals surface area (Å²) in [7, 11) is 0. The van der Waals surface area contributed by atoms with E-state index in [1.165, 1.54) is 0 Å². The summed E-state index contributed by atoms with van der Waals surface area (Å²) in [5.41, 5.74) is 1.43. The van der Waals surface area contributed by atoms with E-state index in [0.29, 0.717) is 23.7 Å². The number of nitrogens with zero attached hydrogens (tertiary/aromatic N) is 3. The summed E-state index contributed by atoms with van der Waals surface area (Å²) in [6, 6.07) is 7.46. The first kappa shape index (κ1) is 14.6. The van der Waals surface area contributed by atoms with Crippen molar-refractivity contribution in [1.29, 1.82) is 5.26 Å². The molecule has 1 heterocycles. The minimum atomic E-state index is -0.803. The zero-order valence-electron chi connectivity index (χ0n) is 11.0. The van der Waals surface area contributed by atoms with Gasteiger partial charge in [-0.25, -0.2) is 0 Å². The molecule has 1 aliphatic rings. The van der Waals surface area contributed by atoms with Gasteiger partial charge in [-0.15, -0.1) is 0 Å². The molecule has 0 atom stereocenters. The van der Waals surface area contributed by atoms with Gasteiger partial charge < -0.3 is 10.0 Å². The molecule has 20 heavy (non-hydrogen) atoms. The van der Waals surface area contributed by atoms with Crippen LogP contribution >= 0.6 is 11.6 Å². The molecule has 1 aromatic carbocycles. The number of carbonyl (C=O) groups is 1. The monoisotopic (exact) mass is 293 g/mol. The van der Waals surface area contributed by atoms with Crippen molar-refractivity contribution in [2.24, 2.45) is 0 Å². The Morgan fingerprint density at radius 3 is 2.85 bits per heavy atom. The van der Waals surface area contributed by atoms with Crippen LogP contribution in [0.4, 0.5) is 5.69 Å². The molecular weight excluding hydrogens is 278 g/mol. The topological polar surface area (TPSA) is 67.6 Å². The Morgan fingerprint density at radius 2 is 2.15 bits per heavy atom. The Bertz CT molecular complexity index is 542. The molecule has 1 N–H and O–H groups in total. The van der Waals surface area contributed by atoms with Crippen LogP contribution in [0.5, 0.6) is 0 Å². The van der Waals surface area contributed by atoms with Gasteiger partial charge in [-0.1, -0.05) is 11.6 Å². The zero-order chi connectivity index (χ0) is 14.5. The Labute approximate surface area is 123 Å². The van der Waals surface area contributed by atoms with Crippen LogP contribution in [0.3, 0.4) is 0 Å². The van der Waals surface area contributed by atoms with E-state index in [-0.39, 0.29) is 6.54 Å². The van der Waals surface area contributed by atoms with Crippen molar-refractivity contribution in [2.75, 3.05) is 37.6 Å². The Hall–Kier alpha value is -1.77. The predicted molar refractivity (Wildman–Crippen MR) is 77.1 cm³/mol. The van der Waals surface area contributed by atoms with E-state index in [1.807, 2.05) is 11.0 Å². The van der Waals surface area contributed by atoms with Gasteiger partial charge in [0.15, 0.2) is 0 Å². The van der Waals surface area contributed by atoms with E-state index in [0.717, 1.165) is 25.2 Å². The van der Waals surface area contributed by atoms with E-state index >= 15 is 0 Å². The molecule has 0 radical (unpaired) electrons. The SMILES string of the molecule is N#Cc1cc(Cl)ccc1N1CCCN(CC(=O)O)CC1. The number of carboxylic acid groups (broad SMARTS) is 1. The fourth-order valence-corrected chi connectivity index (χ4v) is 2.61. The van der Waals surface area contributed by atoms with Crippen LogP contribution < -0.4 is 4.90 Å². The van der Waals surface area contributed by atoms with Crippen molar-refractivity contribution < 1.29 is 9.90 Å². The molecule has 106 valence electrons. The van der Waals surface area contributed by atoms with Gasteiger partial charge in [0.05, 0.1) is 17.8 Å². The van der Waals surface area contributed by atoms with E-state index in [4.69, 9.17) is 16.7 Å². The van der Waals surface area contributed by atoms with Gasteiger partial charge in [0.25, 0.3) is 0 Å². The van der Waals surface area contributed by atoms with E-state index in [1.54, 1.807) is 12.1 Å². The second-order valence-corrected chi connectivity index (χ2v) is 5.22. The van der Waals surface area contributed by atoms with Crippen LogP contribution in [0.1, 0.15) is 12.0 Å². The summed E-state index contributed by atoms with van der Waals surface area (Å²) >= 11 is 5.90. The third kappa shape index (κ3) is 3.62. The zero-order valence-corrected chi connectivity index (χ0v) is 11.8. The number of hydrogen-bond acceptors (Lipinski definition) is 4. The van der Waals surface area contributed by atoms with Crippen LogP contribution in [0.25, 0.3) is 0 Å². The summed E-state index contributed by atoms with van der Waals surface area (Å²) in [6.07, 6.45) is 0.876. The highest BCUT2D eigenvalue weighted by atomic mass is 35.5. The maximum atomic E-state index is 10.8. The molecule has 0 aliphatic carbocycles. The maximum absolute atomic E-state index is 10.8. The fourth-order valence-electron chi connectivity index (χ4n) is 2.43. The molecule has 6 heteroatoms. The first-order valence-corrected chi connectivity index (χ1v) is 6.86. The van der Waals surface area contributed by atoms with Crippen LogP contribution in [0.2, 0.25) is 5.02 Å². The number of hydrogen-bond donors (Lipinski definition) is 1. The minimum absolute atomic E-state index is 0.0690. The quantitative estimate of drug-likeness (QED) is 0.920. The fraction of sp³-hybridized carbons (Fsp3) is 0.429. The molecule has 2 rings (SSSR count). The molecule has 0 unspecified atom stereocenters. The van der Waals surface area contributed by atoms with Crippen molar-refractivity contribution in [1.82, 2.24) is 4.90 Å². The van der Waals surface area contributed by atoms with Crippen LogP contribution in [0.15, 0.2) is 18.2 Å². The number of carboxylic acids is 1. The molecule has 0 bridgehead atoms. The van der Waals surface area contributed by atoms with Gasteiger partial charge >= 0.3 is 5.97 Å². The molecule has 0 aromatic heterocycles. The van der Waals surface area contributed by atoms with Crippen molar-refractivity contribution in [2.45, 2.75) is 6.42 Å². The first-order chi connectivity index (χ1) is 9.60. The van der Waals surface area contributed by atoms with Crippen molar-refractivity contribution in [3.05, 3.63) is 28.8 Å². The summed E-state index contributed by atoms with van der Waals surface area (Å²) < 4.78 is 0. The van der Waals surface area contributed by atoms with Gasteiger partial charge in [0.1, 0.15) is 6.07 Å². The average molecular weight is 294 g/mol. The highest BCUT2D eigenvalue weighted by Gasteiger charge is 2.18. The molecule has 1 aromatic rings. The Kier molecular flexibility index (Phi) is 4.83. The van der Waals surface area contributed by atoms with Gasteiger partial charge in [-0.05, 0) is 24.6 Å². The summed E-state index contributed by atoms with van der Waals surface area (Å²) in [4.78, 5) is 14.8. The number of benzene rings is 1. The van der Waals surface area contributed by atoms with Gasteiger partial charge in [0.2, 0.25) is 0 Å². The van der Waals surface area contributed by atoms with Crippen molar-refractivity contribution in [3.63, 3.8) is 0 Å². The lowest BCUT2D eigenvalue weighted by molar-refractivity contribution is -0.138. The third-order valence-corrected chi connectivity index (χ3v) is 3.60. The number of nitriles is 1. The van der Waals surface area contributed by atoms with E-state index in [2.05, 4.69) is 11.0 Å². The number of aliphatic carboxylic acids is 1. The molecule has 1 saturated heterocycles. The average Bonchev–Trinajstić information content (AvgIpc) is 2.63. The van der Waals surface area contributed by atoms with Crippen LogP contribution in [-0.2, 0) is 4.79 Å². The van der Waals surface area contributed by atoms with Crippen molar-refractivity contribution >= 4 is 23.3 Å². The van der Waals surface area contributed by atoms with Gasteiger partial charge in [-0.3, -0.25) is 9.69 Å². The van der Waals surface area contributed by atoms with Gasteiger partial charge in [-0.2, -0.15) is 5.26 Å². The lowest BCUT2D eigenvalue weighted by Gasteiger charge is -2.24. The minimum Gasteiger partial charge on any atom is -0.480 e. The molecule has 0 saturated carbocycles. The lowest BCUT2D eigenvalue weighted by atomic mass is 10.1. The van der Waals surface area contributed by atoms with Gasteiger partial charge in [0, 0.05) is 31.2 Å². The highest BCUT2D eigenvalue weighted by Crippen LogP contribution is 2.24. The second kappa shape index (κ2) is 6.60. The largest absolute Gasteiger partial charge is 0.480 e. The van der Waals surface area contributed by atoms with Crippen molar-refractivity contribution in [3.8, 4) is 6.07 Å². The van der Waals surface area contributed by atoms with Crippen LogP contribution in [0, 0.1) is 11.3 Å². The second-order valence-electron chi connectivity index (χ2n) is 4.78. The molecular formula is C14H16ClN3O2. The first-order valence-electron chi connectivity index (χ1n) is 6.49. The summed E-state index contributed by atoms with van der Waals surface area (Å²) in [6.45, 7) is 3.04.